The van der Waals surface area contributed by atoms with Gasteiger partial charge in [-0.3, -0.25) is 4.79 Å². The number of alkyl halides is 1. The topological polar surface area (TPSA) is 29.5 Å². The molecule has 0 bridgehead atoms. The van der Waals surface area contributed by atoms with E-state index in [1.54, 1.807) is 4.90 Å². The molecule has 1 unspecified atom stereocenters. The summed E-state index contributed by atoms with van der Waals surface area (Å²) in [4.78, 5) is 13.2. The summed E-state index contributed by atoms with van der Waals surface area (Å²) in [7, 11) is 0. The first-order valence-corrected chi connectivity index (χ1v) is 4.90. The van der Waals surface area contributed by atoms with Gasteiger partial charge in [-0.15, -0.1) is 0 Å². The van der Waals surface area contributed by atoms with Gasteiger partial charge in [0.2, 0.25) is 5.91 Å². The zero-order valence-electron chi connectivity index (χ0n) is 7.63. The van der Waals surface area contributed by atoms with Gasteiger partial charge >= 0.3 is 0 Å². The van der Waals surface area contributed by atoms with Gasteiger partial charge in [0.15, 0.2) is 0 Å². The van der Waals surface area contributed by atoms with Gasteiger partial charge in [-0.2, -0.15) is 0 Å². The fourth-order valence-electron chi connectivity index (χ4n) is 1.22. The fourth-order valence-corrected chi connectivity index (χ4v) is 1.46. The molecule has 0 spiro atoms. The molecule has 1 amide bonds. The molecular formula is C8H14BrNO2. The minimum atomic E-state index is -0.154. The lowest BCUT2D eigenvalue weighted by Gasteiger charge is -2.29. The summed E-state index contributed by atoms with van der Waals surface area (Å²) in [5, 5.41) is 0. The zero-order valence-corrected chi connectivity index (χ0v) is 9.22. The molecule has 1 rings (SSSR count). The lowest BCUT2D eigenvalue weighted by atomic mass is 10.1. The standard InChI is InChI=1S/C8H14BrNO2/c1-6(9)7(11)10-5-12-4-8(10,2)3/h6H,4-5H2,1-3H3. The first-order valence-electron chi connectivity index (χ1n) is 3.98. The van der Waals surface area contributed by atoms with Crippen molar-refractivity contribution in [3.05, 3.63) is 0 Å². The molecule has 1 atom stereocenters. The van der Waals surface area contributed by atoms with Crippen molar-refractivity contribution in [1.29, 1.82) is 0 Å². The maximum atomic E-state index is 11.6. The Morgan fingerprint density at radius 2 is 2.25 bits per heavy atom. The SMILES string of the molecule is CC(Br)C(=O)N1COCC1(C)C. The Morgan fingerprint density at radius 3 is 2.58 bits per heavy atom. The molecule has 0 radical (unpaired) electrons. The quantitative estimate of drug-likeness (QED) is 0.643. The van der Waals surface area contributed by atoms with E-state index in [0.717, 1.165) is 0 Å². The van der Waals surface area contributed by atoms with E-state index in [2.05, 4.69) is 15.9 Å². The average Bonchev–Trinajstić information content (AvgIpc) is 2.27. The molecule has 1 heterocycles. The van der Waals surface area contributed by atoms with Crippen LogP contribution in [0, 0.1) is 0 Å². The molecule has 0 aromatic rings. The van der Waals surface area contributed by atoms with Crippen LogP contribution in [0.4, 0.5) is 0 Å². The highest BCUT2D eigenvalue weighted by molar-refractivity contribution is 9.10. The normalized spacial score (nSPS) is 24.2. The first-order chi connectivity index (χ1) is 5.45. The van der Waals surface area contributed by atoms with Crippen LogP contribution in [0.15, 0.2) is 0 Å². The number of carbonyl (C=O) groups is 1. The van der Waals surface area contributed by atoms with Crippen LogP contribution in [0.3, 0.4) is 0 Å². The second-order valence-corrected chi connectivity index (χ2v) is 5.05. The van der Waals surface area contributed by atoms with Gasteiger partial charge < -0.3 is 9.64 Å². The monoisotopic (exact) mass is 235 g/mol. The maximum absolute atomic E-state index is 11.6. The summed E-state index contributed by atoms with van der Waals surface area (Å²) in [6, 6.07) is 0. The largest absolute Gasteiger partial charge is 0.359 e. The summed E-state index contributed by atoms with van der Waals surface area (Å²) in [5.74, 6) is 0.0949. The smallest absolute Gasteiger partial charge is 0.238 e. The lowest BCUT2D eigenvalue weighted by molar-refractivity contribution is -0.134. The lowest BCUT2D eigenvalue weighted by Crippen LogP contribution is -2.46. The molecule has 0 aromatic carbocycles. The van der Waals surface area contributed by atoms with Crippen molar-refractivity contribution in [3.63, 3.8) is 0 Å². The number of hydrogen-bond acceptors (Lipinski definition) is 2. The van der Waals surface area contributed by atoms with Crippen molar-refractivity contribution in [1.82, 2.24) is 4.90 Å². The van der Waals surface area contributed by atoms with Crippen molar-refractivity contribution in [3.8, 4) is 0 Å². The van der Waals surface area contributed by atoms with Crippen LogP contribution in [-0.4, -0.2) is 34.5 Å². The van der Waals surface area contributed by atoms with Gasteiger partial charge in [0.05, 0.1) is 17.0 Å². The molecule has 0 N–H and O–H groups in total. The van der Waals surface area contributed by atoms with Crippen molar-refractivity contribution in [2.75, 3.05) is 13.3 Å². The number of ether oxygens (including phenoxy) is 1. The second-order valence-electron chi connectivity index (χ2n) is 3.67. The van der Waals surface area contributed by atoms with Gasteiger partial charge in [0.1, 0.15) is 6.73 Å². The Hall–Kier alpha value is -0.0900. The van der Waals surface area contributed by atoms with E-state index in [0.29, 0.717) is 13.3 Å². The van der Waals surface area contributed by atoms with Gasteiger partial charge in [-0.1, -0.05) is 15.9 Å². The predicted molar refractivity (Wildman–Crippen MR) is 50.1 cm³/mol. The maximum Gasteiger partial charge on any atom is 0.238 e. The van der Waals surface area contributed by atoms with Gasteiger partial charge in [-0.05, 0) is 20.8 Å². The van der Waals surface area contributed by atoms with Crippen LogP contribution in [0.1, 0.15) is 20.8 Å². The summed E-state index contributed by atoms with van der Waals surface area (Å²) in [6.45, 7) is 6.89. The molecule has 1 saturated heterocycles. The molecule has 70 valence electrons. The Labute approximate surface area is 81.2 Å². The van der Waals surface area contributed by atoms with Crippen LogP contribution in [0.5, 0.6) is 0 Å². The Kier molecular flexibility index (Phi) is 2.78. The van der Waals surface area contributed by atoms with Crippen molar-refractivity contribution < 1.29 is 9.53 Å². The van der Waals surface area contributed by atoms with E-state index in [4.69, 9.17) is 4.74 Å². The number of halogens is 1. The Bertz CT molecular complexity index is 191. The molecule has 1 aliphatic heterocycles. The van der Waals surface area contributed by atoms with E-state index in [1.165, 1.54) is 0 Å². The molecule has 0 aromatic heterocycles. The third-order valence-electron chi connectivity index (χ3n) is 2.01. The number of amides is 1. The van der Waals surface area contributed by atoms with E-state index in [1.807, 2.05) is 20.8 Å². The minimum absolute atomic E-state index is 0.0949. The third kappa shape index (κ3) is 1.80. The molecule has 3 nitrogen and oxygen atoms in total. The van der Waals surface area contributed by atoms with E-state index >= 15 is 0 Å². The summed E-state index contributed by atoms with van der Waals surface area (Å²) in [5.41, 5.74) is -0.154. The van der Waals surface area contributed by atoms with Crippen LogP contribution in [-0.2, 0) is 9.53 Å². The predicted octanol–water partition coefficient (Wildman–Crippen LogP) is 1.36. The average molecular weight is 236 g/mol. The van der Waals surface area contributed by atoms with Crippen LogP contribution in [0.2, 0.25) is 0 Å². The van der Waals surface area contributed by atoms with Crippen LogP contribution in [0.25, 0.3) is 0 Å². The Morgan fingerprint density at radius 1 is 1.67 bits per heavy atom. The molecule has 1 aliphatic rings. The van der Waals surface area contributed by atoms with Crippen LogP contribution < -0.4 is 0 Å². The van der Waals surface area contributed by atoms with Gasteiger partial charge in [0, 0.05) is 0 Å². The van der Waals surface area contributed by atoms with Crippen molar-refractivity contribution in [2.45, 2.75) is 31.1 Å². The molecule has 4 heteroatoms. The van der Waals surface area contributed by atoms with E-state index in [9.17, 15) is 4.79 Å². The summed E-state index contributed by atoms with van der Waals surface area (Å²) < 4.78 is 5.23. The van der Waals surface area contributed by atoms with Gasteiger partial charge in [-0.25, -0.2) is 0 Å². The fraction of sp³-hybridized carbons (Fsp3) is 0.875. The van der Waals surface area contributed by atoms with Crippen molar-refractivity contribution >= 4 is 21.8 Å². The van der Waals surface area contributed by atoms with Crippen LogP contribution >= 0.6 is 15.9 Å². The molecule has 0 saturated carbocycles. The highest BCUT2D eigenvalue weighted by atomic mass is 79.9. The van der Waals surface area contributed by atoms with Gasteiger partial charge in [0.25, 0.3) is 0 Å². The minimum Gasteiger partial charge on any atom is -0.359 e. The molecule has 12 heavy (non-hydrogen) atoms. The number of hydrogen-bond donors (Lipinski definition) is 0. The van der Waals surface area contributed by atoms with Crippen molar-refractivity contribution in [2.24, 2.45) is 0 Å². The Balaban J connectivity index is 2.69. The number of rotatable bonds is 1. The highest BCUT2D eigenvalue weighted by Crippen LogP contribution is 2.23. The molecule has 0 aliphatic carbocycles. The third-order valence-corrected chi connectivity index (χ3v) is 2.40. The number of carbonyl (C=O) groups excluding carboxylic acids is 1. The van der Waals surface area contributed by atoms with E-state index < -0.39 is 0 Å². The zero-order chi connectivity index (χ0) is 9.35. The number of nitrogens with zero attached hydrogens (tertiary/aromatic N) is 1. The highest BCUT2D eigenvalue weighted by Gasteiger charge is 2.37. The summed E-state index contributed by atoms with van der Waals surface area (Å²) >= 11 is 3.25. The first kappa shape index (κ1) is 9.99. The molecule has 1 fully saturated rings. The molecular weight excluding hydrogens is 222 g/mol. The summed E-state index contributed by atoms with van der Waals surface area (Å²) in [6.07, 6.45) is 0. The van der Waals surface area contributed by atoms with E-state index in [-0.39, 0.29) is 16.3 Å². The second kappa shape index (κ2) is 3.34.